The van der Waals surface area contributed by atoms with Crippen LogP contribution in [-0.2, 0) is 0 Å². The molecular weight excluding hydrogens is 179 g/mol. The zero-order chi connectivity index (χ0) is 8.10. The van der Waals surface area contributed by atoms with Gasteiger partial charge in [0, 0.05) is 12.2 Å². The highest BCUT2D eigenvalue weighted by atomic mass is 35.5. The minimum Gasteiger partial charge on any atom is -0.323 e. The molecule has 68 valence electrons. The van der Waals surface area contributed by atoms with Crippen LogP contribution in [0, 0.1) is 0 Å². The number of hydrogen-bond acceptors (Lipinski definition) is 2. The van der Waals surface area contributed by atoms with Gasteiger partial charge in [-0.3, -0.25) is 9.37 Å². The van der Waals surface area contributed by atoms with Gasteiger partial charge in [-0.1, -0.05) is 6.07 Å². The lowest BCUT2D eigenvalue weighted by molar-refractivity contribution is 0.438. The van der Waals surface area contributed by atoms with Gasteiger partial charge in [-0.05, 0) is 18.6 Å². The Kier molecular flexibility index (Phi) is 5.58. The fraction of sp³-hybridized carbons (Fsp3) is 0.375. The summed E-state index contributed by atoms with van der Waals surface area (Å²) in [5.74, 6) is 0. The SMILES string of the molecule is Cl.N[C@H](CCF)c1ccccn1. The Bertz CT molecular complexity index is 205. The molecule has 0 fully saturated rings. The molecule has 2 N–H and O–H groups in total. The molecule has 0 aromatic carbocycles. The van der Waals surface area contributed by atoms with E-state index in [1.807, 2.05) is 12.1 Å². The largest absolute Gasteiger partial charge is 0.323 e. The maximum atomic E-state index is 11.8. The van der Waals surface area contributed by atoms with E-state index in [1.54, 1.807) is 12.3 Å². The Morgan fingerprint density at radius 2 is 2.25 bits per heavy atom. The third kappa shape index (κ3) is 3.15. The number of nitrogens with two attached hydrogens (primary N) is 1. The highest BCUT2D eigenvalue weighted by molar-refractivity contribution is 5.85. The predicted molar refractivity (Wildman–Crippen MR) is 49.0 cm³/mol. The van der Waals surface area contributed by atoms with Gasteiger partial charge >= 0.3 is 0 Å². The molecule has 2 nitrogen and oxygen atoms in total. The van der Waals surface area contributed by atoms with Crippen LogP contribution >= 0.6 is 12.4 Å². The Hall–Kier alpha value is -0.670. The van der Waals surface area contributed by atoms with Gasteiger partial charge in [0.2, 0.25) is 0 Å². The number of nitrogens with zero attached hydrogens (tertiary/aromatic N) is 1. The van der Waals surface area contributed by atoms with Gasteiger partial charge in [0.15, 0.2) is 0 Å². The topological polar surface area (TPSA) is 38.9 Å². The molecule has 0 amide bonds. The standard InChI is InChI=1S/C8H11FN2.ClH/c9-5-4-7(10)8-3-1-2-6-11-8;/h1-3,6-7H,4-5,10H2;1H/t7-;/m1./s1. The molecule has 0 unspecified atom stereocenters. The van der Waals surface area contributed by atoms with E-state index in [4.69, 9.17) is 5.73 Å². The van der Waals surface area contributed by atoms with Crippen molar-refractivity contribution in [3.63, 3.8) is 0 Å². The van der Waals surface area contributed by atoms with Gasteiger partial charge in [0.25, 0.3) is 0 Å². The average molecular weight is 191 g/mol. The van der Waals surface area contributed by atoms with Crippen molar-refractivity contribution in [2.24, 2.45) is 5.73 Å². The Labute approximate surface area is 77.4 Å². The van der Waals surface area contributed by atoms with Crippen LogP contribution in [0.3, 0.4) is 0 Å². The first-order valence-corrected chi connectivity index (χ1v) is 3.57. The lowest BCUT2D eigenvalue weighted by Crippen LogP contribution is -2.12. The zero-order valence-corrected chi connectivity index (χ0v) is 7.43. The summed E-state index contributed by atoms with van der Waals surface area (Å²) in [5.41, 5.74) is 6.36. The molecule has 0 saturated carbocycles. The van der Waals surface area contributed by atoms with Crippen molar-refractivity contribution in [3.05, 3.63) is 30.1 Å². The van der Waals surface area contributed by atoms with Crippen LogP contribution in [0.15, 0.2) is 24.4 Å². The highest BCUT2D eigenvalue weighted by Gasteiger charge is 2.04. The molecule has 0 aliphatic carbocycles. The second-order valence-electron chi connectivity index (χ2n) is 2.34. The minimum atomic E-state index is -0.391. The van der Waals surface area contributed by atoms with Crippen LogP contribution in [0.1, 0.15) is 18.2 Å². The van der Waals surface area contributed by atoms with Gasteiger partial charge in [0.05, 0.1) is 12.4 Å². The summed E-state index contributed by atoms with van der Waals surface area (Å²) in [6.45, 7) is -0.391. The van der Waals surface area contributed by atoms with Crippen molar-refractivity contribution in [1.82, 2.24) is 4.98 Å². The third-order valence-electron chi connectivity index (χ3n) is 1.49. The number of hydrogen-bond donors (Lipinski definition) is 1. The number of pyridine rings is 1. The second kappa shape index (κ2) is 5.91. The van der Waals surface area contributed by atoms with E-state index in [1.165, 1.54) is 0 Å². The molecular formula is C8H12ClFN2. The van der Waals surface area contributed by atoms with E-state index in [9.17, 15) is 4.39 Å². The minimum absolute atomic E-state index is 0. The summed E-state index contributed by atoms with van der Waals surface area (Å²) < 4.78 is 11.8. The monoisotopic (exact) mass is 190 g/mol. The fourth-order valence-corrected chi connectivity index (χ4v) is 0.861. The Morgan fingerprint density at radius 1 is 1.50 bits per heavy atom. The van der Waals surface area contributed by atoms with Crippen molar-refractivity contribution in [1.29, 1.82) is 0 Å². The van der Waals surface area contributed by atoms with E-state index < -0.39 is 6.67 Å². The highest BCUT2D eigenvalue weighted by Crippen LogP contribution is 2.09. The van der Waals surface area contributed by atoms with Gasteiger partial charge in [-0.2, -0.15) is 0 Å². The molecule has 1 atom stereocenters. The van der Waals surface area contributed by atoms with Gasteiger partial charge in [0.1, 0.15) is 0 Å². The summed E-state index contributed by atoms with van der Waals surface area (Å²) in [4.78, 5) is 4.01. The maximum Gasteiger partial charge on any atom is 0.0913 e. The smallest absolute Gasteiger partial charge is 0.0913 e. The molecule has 0 aliphatic heterocycles. The molecule has 1 rings (SSSR count). The maximum absolute atomic E-state index is 11.8. The molecule has 0 saturated heterocycles. The van der Waals surface area contributed by atoms with Crippen LogP contribution in [0.5, 0.6) is 0 Å². The summed E-state index contributed by atoms with van der Waals surface area (Å²) in [7, 11) is 0. The zero-order valence-electron chi connectivity index (χ0n) is 6.61. The molecule has 1 aromatic rings. The van der Waals surface area contributed by atoms with E-state index in [-0.39, 0.29) is 18.4 Å². The molecule has 0 bridgehead atoms. The summed E-state index contributed by atoms with van der Waals surface area (Å²) in [6.07, 6.45) is 2.00. The van der Waals surface area contributed by atoms with Crippen LogP contribution < -0.4 is 5.73 Å². The van der Waals surface area contributed by atoms with Crippen molar-refractivity contribution in [3.8, 4) is 0 Å². The first-order chi connectivity index (χ1) is 5.34. The van der Waals surface area contributed by atoms with E-state index >= 15 is 0 Å². The van der Waals surface area contributed by atoms with Crippen LogP contribution in [0.4, 0.5) is 4.39 Å². The normalized spacial score (nSPS) is 11.8. The number of alkyl halides is 1. The lowest BCUT2D eigenvalue weighted by Gasteiger charge is -2.06. The summed E-state index contributed by atoms with van der Waals surface area (Å²) >= 11 is 0. The third-order valence-corrected chi connectivity index (χ3v) is 1.49. The summed E-state index contributed by atoms with van der Waals surface area (Å²) in [5, 5.41) is 0. The van der Waals surface area contributed by atoms with Gasteiger partial charge < -0.3 is 5.73 Å². The van der Waals surface area contributed by atoms with E-state index in [0.29, 0.717) is 6.42 Å². The van der Waals surface area contributed by atoms with E-state index in [2.05, 4.69) is 4.98 Å². The van der Waals surface area contributed by atoms with Crippen molar-refractivity contribution >= 4 is 12.4 Å². The quantitative estimate of drug-likeness (QED) is 0.791. The van der Waals surface area contributed by atoms with Crippen LogP contribution in [-0.4, -0.2) is 11.7 Å². The van der Waals surface area contributed by atoms with Crippen molar-refractivity contribution in [2.75, 3.05) is 6.67 Å². The number of rotatable bonds is 3. The fourth-order valence-electron chi connectivity index (χ4n) is 0.861. The lowest BCUT2D eigenvalue weighted by atomic mass is 10.1. The van der Waals surface area contributed by atoms with Gasteiger partial charge in [-0.25, -0.2) is 0 Å². The predicted octanol–water partition coefficient (Wildman–Crippen LogP) is 1.86. The Balaban J connectivity index is 0.00000121. The molecule has 4 heteroatoms. The van der Waals surface area contributed by atoms with E-state index in [0.717, 1.165) is 5.69 Å². The van der Waals surface area contributed by atoms with Crippen molar-refractivity contribution in [2.45, 2.75) is 12.5 Å². The molecule has 0 spiro atoms. The first-order valence-electron chi connectivity index (χ1n) is 3.57. The average Bonchev–Trinajstić information content (AvgIpc) is 2.07. The molecule has 0 aliphatic rings. The molecule has 1 heterocycles. The second-order valence-corrected chi connectivity index (χ2v) is 2.34. The van der Waals surface area contributed by atoms with Gasteiger partial charge in [-0.15, -0.1) is 12.4 Å². The number of halogens is 2. The summed E-state index contributed by atoms with van der Waals surface area (Å²) in [6, 6.07) is 5.20. The first kappa shape index (κ1) is 11.3. The Morgan fingerprint density at radius 3 is 2.75 bits per heavy atom. The van der Waals surface area contributed by atoms with Crippen LogP contribution in [0.2, 0.25) is 0 Å². The van der Waals surface area contributed by atoms with Crippen molar-refractivity contribution < 1.29 is 4.39 Å². The molecule has 1 aromatic heterocycles. The molecule has 0 radical (unpaired) electrons. The number of aromatic nitrogens is 1. The molecule has 12 heavy (non-hydrogen) atoms. The van der Waals surface area contributed by atoms with Crippen LogP contribution in [0.25, 0.3) is 0 Å².